The van der Waals surface area contributed by atoms with Crippen LogP contribution in [-0.2, 0) is 0 Å². The summed E-state index contributed by atoms with van der Waals surface area (Å²) in [7, 11) is 1.48. The summed E-state index contributed by atoms with van der Waals surface area (Å²) in [6.45, 7) is 3.65. The van der Waals surface area contributed by atoms with E-state index in [9.17, 15) is 5.11 Å². The number of hydrogen-bond acceptors (Lipinski definition) is 3. The summed E-state index contributed by atoms with van der Waals surface area (Å²) in [5.74, 6) is 0.292. The number of rotatable bonds is 5. The Morgan fingerprint density at radius 2 is 2.31 bits per heavy atom. The smallest absolute Gasteiger partial charge is 0.176 e. The van der Waals surface area contributed by atoms with Gasteiger partial charge in [-0.15, -0.1) is 6.58 Å². The minimum atomic E-state index is -0.134. The lowest BCUT2D eigenvalue weighted by atomic mass is 10.0. The summed E-state index contributed by atoms with van der Waals surface area (Å²) in [6, 6.07) is 3.23. The fourth-order valence-electron chi connectivity index (χ4n) is 1.43. The molecule has 16 heavy (non-hydrogen) atoms. The standard InChI is InChI=1S/C12H16ClNO2/c1-3-4-5-10(14)8-6-9(13)12(15)11(7-8)16-2/h3,6-7,10,15H,1,4-5,14H2,2H3/t10-/m1/s1. The molecule has 3 nitrogen and oxygen atoms in total. The van der Waals surface area contributed by atoms with Gasteiger partial charge in [-0.2, -0.15) is 0 Å². The van der Waals surface area contributed by atoms with E-state index in [2.05, 4.69) is 6.58 Å². The van der Waals surface area contributed by atoms with Gasteiger partial charge in [0.15, 0.2) is 11.5 Å². The second-order valence-electron chi connectivity index (χ2n) is 3.53. The average Bonchev–Trinajstić information content (AvgIpc) is 2.29. The predicted molar refractivity (Wildman–Crippen MR) is 66.0 cm³/mol. The monoisotopic (exact) mass is 241 g/mol. The zero-order valence-electron chi connectivity index (χ0n) is 9.24. The SMILES string of the molecule is C=CCC[C@@H](N)c1cc(Cl)c(O)c(OC)c1. The Kier molecular flexibility index (Phi) is 4.65. The highest BCUT2D eigenvalue weighted by atomic mass is 35.5. The van der Waals surface area contributed by atoms with Crippen molar-refractivity contribution in [2.24, 2.45) is 5.73 Å². The Morgan fingerprint density at radius 3 is 2.88 bits per heavy atom. The first kappa shape index (κ1) is 12.9. The van der Waals surface area contributed by atoms with Gasteiger partial charge in [0.2, 0.25) is 0 Å². The molecule has 0 saturated carbocycles. The summed E-state index contributed by atoms with van der Waals surface area (Å²) < 4.78 is 5.01. The molecule has 88 valence electrons. The van der Waals surface area contributed by atoms with Crippen LogP contribution < -0.4 is 10.5 Å². The lowest BCUT2D eigenvalue weighted by Gasteiger charge is -2.14. The van der Waals surface area contributed by atoms with Crippen LogP contribution in [0.2, 0.25) is 5.02 Å². The number of allylic oxidation sites excluding steroid dienone is 1. The molecule has 0 saturated heterocycles. The van der Waals surface area contributed by atoms with E-state index in [1.807, 2.05) is 6.08 Å². The van der Waals surface area contributed by atoms with E-state index < -0.39 is 0 Å². The molecule has 3 N–H and O–H groups in total. The van der Waals surface area contributed by atoms with Gasteiger partial charge in [0.05, 0.1) is 12.1 Å². The van der Waals surface area contributed by atoms with Crippen LogP contribution in [0.15, 0.2) is 24.8 Å². The van der Waals surface area contributed by atoms with Gasteiger partial charge in [-0.05, 0) is 30.5 Å². The molecule has 1 atom stereocenters. The third-order valence-electron chi connectivity index (χ3n) is 2.38. The van der Waals surface area contributed by atoms with Crippen molar-refractivity contribution < 1.29 is 9.84 Å². The van der Waals surface area contributed by atoms with Crippen molar-refractivity contribution in [1.29, 1.82) is 0 Å². The van der Waals surface area contributed by atoms with Crippen LogP contribution in [0, 0.1) is 0 Å². The number of ether oxygens (including phenoxy) is 1. The van der Waals surface area contributed by atoms with Gasteiger partial charge in [-0.3, -0.25) is 0 Å². The van der Waals surface area contributed by atoms with Crippen molar-refractivity contribution in [3.05, 3.63) is 35.4 Å². The topological polar surface area (TPSA) is 55.5 Å². The highest BCUT2D eigenvalue weighted by Crippen LogP contribution is 2.36. The first-order valence-corrected chi connectivity index (χ1v) is 5.40. The van der Waals surface area contributed by atoms with Gasteiger partial charge < -0.3 is 15.6 Å². The van der Waals surface area contributed by atoms with Crippen LogP contribution in [0.5, 0.6) is 11.5 Å². The maximum Gasteiger partial charge on any atom is 0.176 e. The van der Waals surface area contributed by atoms with E-state index in [1.54, 1.807) is 12.1 Å². The second kappa shape index (κ2) is 5.77. The fraction of sp³-hybridized carbons (Fsp3) is 0.333. The van der Waals surface area contributed by atoms with Gasteiger partial charge in [-0.25, -0.2) is 0 Å². The van der Waals surface area contributed by atoms with E-state index in [4.69, 9.17) is 22.1 Å². The Morgan fingerprint density at radius 1 is 1.62 bits per heavy atom. The Labute approximate surface area is 100 Å². The van der Waals surface area contributed by atoms with Crippen molar-refractivity contribution in [2.45, 2.75) is 18.9 Å². The molecule has 1 rings (SSSR count). The lowest BCUT2D eigenvalue weighted by molar-refractivity contribution is 0.372. The summed E-state index contributed by atoms with van der Waals surface area (Å²) in [5, 5.41) is 9.82. The quantitative estimate of drug-likeness (QED) is 0.780. The molecule has 4 heteroatoms. The minimum Gasteiger partial charge on any atom is -0.503 e. The Bertz CT molecular complexity index is 380. The van der Waals surface area contributed by atoms with Crippen molar-refractivity contribution in [3.8, 4) is 11.5 Å². The van der Waals surface area contributed by atoms with Crippen LogP contribution in [-0.4, -0.2) is 12.2 Å². The molecule has 0 aliphatic carbocycles. The maximum atomic E-state index is 9.57. The number of nitrogens with two attached hydrogens (primary N) is 1. The molecule has 0 aliphatic rings. The van der Waals surface area contributed by atoms with E-state index in [0.717, 1.165) is 18.4 Å². The molecule has 0 spiro atoms. The molecule has 1 aromatic carbocycles. The van der Waals surface area contributed by atoms with E-state index >= 15 is 0 Å². The number of hydrogen-bond donors (Lipinski definition) is 2. The molecule has 0 unspecified atom stereocenters. The van der Waals surface area contributed by atoms with Gasteiger partial charge in [-0.1, -0.05) is 17.7 Å². The predicted octanol–water partition coefficient (Wildman–Crippen LogP) is 3.02. The van der Waals surface area contributed by atoms with E-state index in [-0.39, 0.29) is 16.8 Å². The molecule has 0 heterocycles. The third-order valence-corrected chi connectivity index (χ3v) is 2.67. The van der Waals surface area contributed by atoms with E-state index in [0.29, 0.717) is 5.75 Å². The second-order valence-corrected chi connectivity index (χ2v) is 3.93. The molecular weight excluding hydrogens is 226 g/mol. The lowest BCUT2D eigenvalue weighted by Crippen LogP contribution is -2.10. The average molecular weight is 242 g/mol. The summed E-state index contributed by atoms with van der Waals surface area (Å²) in [4.78, 5) is 0. The fourth-order valence-corrected chi connectivity index (χ4v) is 1.65. The summed E-state index contributed by atoms with van der Waals surface area (Å²) in [5.41, 5.74) is 6.83. The van der Waals surface area contributed by atoms with Crippen molar-refractivity contribution in [2.75, 3.05) is 7.11 Å². The van der Waals surface area contributed by atoms with Crippen molar-refractivity contribution in [1.82, 2.24) is 0 Å². The van der Waals surface area contributed by atoms with Crippen LogP contribution >= 0.6 is 11.6 Å². The third kappa shape index (κ3) is 2.90. The van der Waals surface area contributed by atoms with Crippen molar-refractivity contribution >= 4 is 11.6 Å². The molecule has 0 aliphatic heterocycles. The number of halogens is 1. The zero-order valence-corrected chi connectivity index (χ0v) is 10.00. The number of aromatic hydroxyl groups is 1. The summed E-state index contributed by atoms with van der Waals surface area (Å²) in [6.07, 6.45) is 3.44. The first-order valence-electron chi connectivity index (χ1n) is 5.03. The van der Waals surface area contributed by atoms with Gasteiger partial charge in [0.25, 0.3) is 0 Å². The largest absolute Gasteiger partial charge is 0.503 e. The number of phenols is 1. The number of phenolic OH excluding ortho intramolecular Hbond substituents is 1. The van der Waals surface area contributed by atoms with Crippen molar-refractivity contribution in [3.63, 3.8) is 0 Å². The molecule has 0 fully saturated rings. The molecular formula is C12H16ClNO2. The van der Waals surface area contributed by atoms with Crippen LogP contribution in [0.1, 0.15) is 24.4 Å². The highest BCUT2D eigenvalue weighted by Gasteiger charge is 2.12. The van der Waals surface area contributed by atoms with Crippen LogP contribution in [0.4, 0.5) is 0 Å². The molecule has 1 aromatic rings. The van der Waals surface area contributed by atoms with Gasteiger partial charge >= 0.3 is 0 Å². The first-order chi connectivity index (χ1) is 7.60. The molecule has 0 bridgehead atoms. The maximum absolute atomic E-state index is 9.57. The zero-order chi connectivity index (χ0) is 12.1. The minimum absolute atomic E-state index is 0.0520. The summed E-state index contributed by atoms with van der Waals surface area (Å²) >= 11 is 5.87. The Balaban J connectivity index is 2.96. The Hall–Kier alpha value is -1.19. The van der Waals surface area contributed by atoms with Crippen LogP contribution in [0.3, 0.4) is 0 Å². The van der Waals surface area contributed by atoms with Crippen LogP contribution in [0.25, 0.3) is 0 Å². The van der Waals surface area contributed by atoms with Gasteiger partial charge in [0.1, 0.15) is 0 Å². The molecule has 0 amide bonds. The van der Waals surface area contributed by atoms with Gasteiger partial charge in [0, 0.05) is 6.04 Å². The normalized spacial score (nSPS) is 12.2. The number of benzene rings is 1. The molecule has 0 aromatic heterocycles. The van der Waals surface area contributed by atoms with E-state index in [1.165, 1.54) is 7.11 Å². The highest BCUT2D eigenvalue weighted by molar-refractivity contribution is 6.32. The number of methoxy groups -OCH3 is 1. The molecule has 0 radical (unpaired) electrons.